The molecule has 2 aromatic carbocycles. The van der Waals surface area contributed by atoms with Crippen LogP contribution in [0, 0.1) is 0 Å². The fourth-order valence-electron chi connectivity index (χ4n) is 2.77. The van der Waals surface area contributed by atoms with Crippen molar-refractivity contribution in [1.82, 2.24) is 5.06 Å². The number of ether oxygens (including phenoxy) is 1. The molecule has 0 aromatic heterocycles. The Hall–Kier alpha value is -2.54. The monoisotopic (exact) mass is 367 g/mol. The Bertz CT molecular complexity index is 762. The van der Waals surface area contributed by atoms with E-state index in [2.05, 4.69) is 0 Å². The van der Waals surface area contributed by atoms with Gasteiger partial charge < -0.3 is 4.74 Å². The molecule has 0 fully saturated rings. The predicted octanol–water partition coefficient (Wildman–Crippen LogP) is 4.35. The SMILES string of the molecule is COc1ccccc1C[C@@H](C)N(OC)C(=O)c1ccccc1C(F)(F)F. The van der Waals surface area contributed by atoms with Crippen LogP contribution in [-0.4, -0.2) is 31.2 Å². The summed E-state index contributed by atoms with van der Waals surface area (Å²) in [6.07, 6.45) is -4.27. The van der Waals surface area contributed by atoms with E-state index in [1.54, 1.807) is 13.0 Å². The first-order valence-electron chi connectivity index (χ1n) is 7.95. The largest absolute Gasteiger partial charge is 0.496 e. The van der Waals surface area contributed by atoms with Gasteiger partial charge in [-0.2, -0.15) is 13.2 Å². The van der Waals surface area contributed by atoms with E-state index in [1.807, 2.05) is 18.2 Å². The molecule has 2 rings (SSSR count). The maximum Gasteiger partial charge on any atom is 0.417 e. The van der Waals surface area contributed by atoms with Gasteiger partial charge in [0.05, 0.1) is 31.4 Å². The van der Waals surface area contributed by atoms with Crippen LogP contribution in [0.2, 0.25) is 0 Å². The van der Waals surface area contributed by atoms with E-state index >= 15 is 0 Å². The summed E-state index contributed by atoms with van der Waals surface area (Å²) in [4.78, 5) is 17.8. The Morgan fingerprint density at radius 2 is 1.69 bits per heavy atom. The molecule has 0 aliphatic heterocycles. The predicted molar refractivity (Wildman–Crippen MR) is 90.8 cm³/mol. The number of hydroxylamine groups is 2. The highest BCUT2D eigenvalue weighted by Gasteiger charge is 2.36. The smallest absolute Gasteiger partial charge is 0.417 e. The molecule has 140 valence electrons. The number of rotatable bonds is 6. The van der Waals surface area contributed by atoms with E-state index in [9.17, 15) is 18.0 Å². The zero-order chi connectivity index (χ0) is 19.3. The van der Waals surface area contributed by atoms with E-state index in [1.165, 1.54) is 26.4 Å². The first-order chi connectivity index (χ1) is 12.3. The van der Waals surface area contributed by atoms with Crippen molar-refractivity contribution in [3.63, 3.8) is 0 Å². The summed E-state index contributed by atoms with van der Waals surface area (Å²) in [5, 5.41) is 0.955. The van der Waals surface area contributed by atoms with Crippen molar-refractivity contribution in [2.24, 2.45) is 0 Å². The number of para-hydroxylation sites is 1. The Morgan fingerprint density at radius 1 is 1.08 bits per heavy atom. The molecule has 1 amide bonds. The standard InChI is InChI=1S/C19H20F3NO3/c1-13(12-14-8-4-7-11-17(14)25-2)23(26-3)18(24)15-9-5-6-10-16(15)19(20,21)22/h4-11,13H,12H2,1-3H3/t13-/m1/s1. The minimum atomic E-state index is -4.63. The third-order valence-electron chi connectivity index (χ3n) is 3.97. The van der Waals surface area contributed by atoms with Gasteiger partial charge in [-0.25, -0.2) is 5.06 Å². The van der Waals surface area contributed by atoms with Gasteiger partial charge in [0.1, 0.15) is 5.75 Å². The molecule has 0 aliphatic rings. The van der Waals surface area contributed by atoms with Crippen LogP contribution in [0.25, 0.3) is 0 Å². The molecule has 7 heteroatoms. The first kappa shape index (κ1) is 19.8. The van der Waals surface area contributed by atoms with E-state index in [0.29, 0.717) is 12.2 Å². The molecule has 1 atom stereocenters. The van der Waals surface area contributed by atoms with Gasteiger partial charge in [0.25, 0.3) is 5.91 Å². The molecular weight excluding hydrogens is 347 g/mol. The van der Waals surface area contributed by atoms with Crippen LogP contribution in [0.4, 0.5) is 13.2 Å². The van der Waals surface area contributed by atoms with Crippen LogP contribution in [0.5, 0.6) is 5.75 Å². The van der Waals surface area contributed by atoms with Gasteiger partial charge in [-0.1, -0.05) is 30.3 Å². The molecule has 0 saturated carbocycles. The summed E-state index contributed by atoms with van der Waals surface area (Å²) in [6, 6.07) is 11.4. The topological polar surface area (TPSA) is 38.8 Å². The van der Waals surface area contributed by atoms with Crippen molar-refractivity contribution in [3.8, 4) is 5.75 Å². The second-order valence-electron chi connectivity index (χ2n) is 5.72. The fraction of sp³-hybridized carbons (Fsp3) is 0.316. The van der Waals surface area contributed by atoms with Crippen molar-refractivity contribution in [1.29, 1.82) is 0 Å². The minimum absolute atomic E-state index is 0.359. The van der Waals surface area contributed by atoms with Gasteiger partial charge in [0, 0.05) is 0 Å². The summed E-state index contributed by atoms with van der Waals surface area (Å²) in [5.41, 5.74) is -0.619. The molecule has 0 N–H and O–H groups in total. The highest BCUT2D eigenvalue weighted by atomic mass is 19.4. The van der Waals surface area contributed by atoms with Crippen LogP contribution in [0.1, 0.15) is 28.4 Å². The molecule has 4 nitrogen and oxygen atoms in total. The Labute approximate surface area is 150 Å². The average molecular weight is 367 g/mol. The first-order valence-corrected chi connectivity index (χ1v) is 7.95. The fourth-order valence-corrected chi connectivity index (χ4v) is 2.77. The van der Waals surface area contributed by atoms with E-state index < -0.39 is 29.3 Å². The molecular formula is C19H20F3NO3. The highest BCUT2D eigenvalue weighted by Crippen LogP contribution is 2.33. The number of amides is 1. The number of methoxy groups -OCH3 is 1. The van der Waals surface area contributed by atoms with Gasteiger partial charge in [-0.3, -0.25) is 9.63 Å². The average Bonchev–Trinajstić information content (AvgIpc) is 2.62. The molecule has 26 heavy (non-hydrogen) atoms. The van der Waals surface area contributed by atoms with E-state index in [4.69, 9.17) is 9.57 Å². The zero-order valence-electron chi connectivity index (χ0n) is 14.7. The van der Waals surface area contributed by atoms with Crippen molar-refractivity contribution < 1.29 is 27.5 Å². The van der Waals surface area contributed by atoms with Gasteiger partial charge in [0.15, 0.2) is 0 Å². The Balaban J connectivity index is 2.29. The molecule has 0 spiro atoms. The maximum absolute atomic E-state index is 13.2. The van der Waals surface area contributed by atoms with E-state index in [0.717, 1.165) is 22.8 Å². The number of halogens is 3. The lowest BCUT2D eigenvalue weighted by Gasteiger charge is -2.28. The minimum Gasteiger partial charge on any atom is -0.496 e. The molecule has 0 radical (unpaired) electrons. The number of hydrogen-bond donors (Lipinski definition) is 0. The number of carbonyl (C=O) groups excluding carboxylic acids is 1. The summed E-state index contributed by atoms with van der Waals surface area (Å²) in [6.45, 7) is 1.70. The lowest BCUT2D eigenvalue weighted by atomic mass is 10.0. The second kappa shape index (κ2) is 8.23. The van der Waals surface area contributed by atoms with Crippen LogP contribution in [0.15, 0.2) is 48.5 Å². The summed E-state index contributed by atoms with van der Waals surface area (Å²) in [7, 11) is 2.79. The number of carbonyl (C=O) groups is 1. The van der Waals surface area contributed by atoms with Crippen molar-refractivity contribution in [2.75, 3.05) is 14.2 Å². The van der Waals surface area contributed by atoms with Gasteiger partial charge in [-0.15, -0.1) is 0 Å². The summed E-state index contributed by atoms with van der Waals surface area (Å²) in [5.74, 6) is -0.207. The second-order valence-corrected chi connectivity index (χ2v) is 5.72. The number of benzene rings is 2. The molecule has 0 aliphatic carbocycles. The van der Waals surface area contributed by atoms with Gasteiger partial charge in [0.2, 0.25) is 0 Å². The third kappa shape index (κ3) is 4.35. The molecule has 2 aromatic rings. The Morgan fingerprint density at radius 3 is 2.31 bits per heavy atom. The van der Waals surface area contributed by atoms with Crippen molar-refractivity contribution in [3.05, 3.63) is 65.2 Å². The molecule has 0 heterocycles. The van der Waals surface area contributed by atoms with Crippen LogP contribution < -0.4 is 4.74 Å². The summed E-state index contributed by atoms with van der Waals surface area (Å²) < 4.78 is 44.9. The van der Waals surface area contributed by atoms with Crippen LogP contribution >= 0.6 is 0 Å². The zero-order valence-corrected chi connectivity index (χ0v) is 14.7. The lowest BCUT2D eigenvalue weighted by molar-refractivity contribution is -0.140. The Kier molecular flexibility index (Phi) is 6.26. The highest BCUT2D eigenvalue weighted by molar-refractivity contribution is 5.95. The molecule has 0 bridgehead atoms. The number of hydrogen-bond acceptors (Lipinski definition) is 3. The van der Waals surface area contributed by atoms with Gasteiger partial charge in [-0.05, 0) is 37.1 Å². The molecule has 0 unspecified atom stereocenters. The van der Waals surface area contributed by atoms with Crippen molar-refractivity contribution >= 4 is 5.91 Å². The van der Waals surface area contributed by atoms with Crippen LogP contribution in [0.3, 0.4) is 0 Å². The van der Waals surface area contributed by atoms with E-state index in [-0.39, 0.29) is 0 Å². The quantitative estimate of drug-likeness (QED) is 0.713. The molecule has 0 saturated heterocycles. The lowest BCUT2D eigenvalue weighted by Crippen LogP contribution is -2.39. The number of alkyl halides is 3. The van der Waals surface area contributed by atoms with Crippen LogP contribution in [-0.2, 0) is 17.4 Å². The summed E-state index contributed by atoms with van der Waals surface area (Å²) >= 11 is 0. The van der Waals surface area contributed by atoms with Gasteiger partial charge >= 0.3 is 6.18 Å². The normalized spacial score (nSPS) is 12.5. The number of nitrogens with zero attached hydrogens (tertiary/aromatic N) is 1. The van der Waals surface area contributed by atoms with Crippen molar-refractivity contribution in [2.45, 2.75) is 25.6 Å². The maximum atomic E-state index is 13.2. The third-order valence-corrected chi connectivity index (χ3v) is 3.97.